The van der Waals surface area contributed by atoms with Crippen molar-refractivity contribution in [2.24, 2.45) is 0 Å². The van der Waals surface area contributed by atoms with Crippen LogP contribution in [0.25, 0.3) is 5.69 Å². The van der Waals surface area contributed by atoms with E-state index in [0.29, 0.717) is 33.7 Å². The number of aromatic nitrogens is 3. The van der Waals surface area contributed by atoms with E-state index >= 15 is 0 Å². The van der Waals surface area contributed by atoms with Gasteiger partial charge in [-0.1, -0.05) is 30.0 Å². The fourth-order valence-electron chi connectivity index (χ4n) is 3.42. The first-order valence-electron chi connectivity index (χ1n) is 11.5. The molecule has 4 rings (SSSR count). The van der Waals surface area contributed by atoms with E-state index in [-0.39, 0.29) is 24.1 Å². The molecule has 11 heteroatoms. The van der Waals surface area contributed by atoms with Gasteiger partial charge in [-0.3, -0.25) is 14.2 Å². The zero-order valence-electron chi connectivity index (χ0n) is 20.3. The fourth-order valence-corrected chi connectivity index (χ4v) is 4.83. The van der Waals surface area contributed by atoms with Crippen LogP contribution >= 0.6 is 23.1 Å². The van der Waals surface area contributed by atoms with Gasteiger partial charge in [-0.25, -0.2) is 4.79 Å². The van der Waals surface area contributed by atoms with E-state index in [9.17, 15) is 14.4 Å². The molecule has 190 valence electrons. The number of benzene rings is 2. The third kappa shape index (κ3) is 6.83. The van der Waals surface area contributed by atoms with Gasteiger partial charge in [0.15, 0.2) is 11.0 Å². The van der Waals surface area contributed by atoms with Gasteiger partial charge in [0.1, 0.15) is 0 Å². The third-order valence-electron chi connectivity index (χ3n) is 5.12. The minimum atomic E-state index is -0.409. The van der Waals surface area contributed by atoms with Gasteiger partial charge in [0.25, 0.3) is 5.91 Å². The number of carbonyl (C=O) groups excluding carboxylic acids is 3. The Morgan fingerprint density at radius 2 is 1.86 bits per heavy atom. The summed E-state index contributed by atoms with van der Waals surface area (Å²) in [6.07, 6.45) is 0. The maximum Gasteiger partial charge on any atom is 0.338 e. The van der Waals surface area contributed by atoms with Crippen LogP contribution < -0.4 is 10.6 Å². The van der Waals surface area contributed by atoms with Crippen LogP contribution in [0.3, 0.4) is 0 Å². The van der Waals surface area contributed by atoms with Gasteiger partial charge in [-0.2, -0.15) is 0 Å². The molecule has 2 N–H and O–H groups in total. The second-order valence-electron chi connectivity index (χ2n) is 7.87. The molecule has 9 nitrogen and oxygen atoms in total. The maximum absolute atomic E-state index is 12.6. The molecule has 2 aromatic carbocycles. The predicted octanol–water partition coefficient (Wildman–Crippen LogP) is 4.47. The van der Waals surface area contributed by atoms with Gasteiger partial charge < -0.3 is 15.4 Å². The summed E-state index contributed by atoms with van der Waals surface area (Å²) in [6, 6.07) is 17.9. The molecule has 4 aromatic rings. The summed E-state index contributed by atoms with van der Waals surface area (Å²) in [4.78, 5) is 37.5. The van der Waals surface area contributed by atoms with E-state index in [1.807, 2.05) is 47.2 Å². The van der Waals surface area contributed by atoms with Crippen molar-refractivity contribution in [3.05, 3.63) is 87.9 Å². The average Bonchev–Trinajstić information content (AvgIpc) is 3.57. The average molecular weight is 536 g/mol. The van der Waals surface area contributed by atoms with Crippen molar-refractivity contribution in [2.45, 2.75) is 25.5 Å². The second kappa shape index (κ2) is 12.3. The molecule has 0 aliphatic heterocycles. The standard InChI is InChI=1S/C26H25N5O4S2/c1-3-35-25(34)18-9-11-19(12-10-18)28-23(32)16-37-26-30-29-22(15-27-24(33)21-8-5-13-36-21)31(26)20-7-4-6-17(2)14-20/h4-14H,3,15-16H2,1-2H3,(H,27,33)(H,28,32). The molecule has 2 aromatic heterocycles. The lowest BCUT2D eigenvalue weighted by Crippen LogP contribution is -2.24. The molecule has 0 bridgehead atoms. The Balaban J connectivity index is 1.44. The first kappa shape index (κ1) is 26.1. The maximum atomic E-state index is 12.6. The number of ether oxygens (including phenoxy) is 1. The lowest BCUT2D eigenvalue weighted by molar-refractivity contribution is -0.113. The number of amides is 2. The summed E-state index contributed by atoms with van der Waals surface area (Å²) < 4.78 is 6.82. The summed E-state index contributed by atoms with van der Waals surface area (Å²) in [5.41, 5.74) is 2.87. The van der Waals surface area contributed by atoms with E-state index in [1.165, 1.54) is 23.1 Å². The summed E-state index contributed by atoms with van der Waals surface area (Å²) in [5.74, 6) is -0.191. The van der Waals surface area contributed by atoms with Gasteiger partial charge in [0.2, 0.25) is 5.91 Å². The highest BCUT2D eigenvalue weighted by atomic mass is 32.2. The molecule has 2 amide bonds. The largest absolute Gasteiger partial charge is 0.462 e. The molecular formula is C26H25N5O4S2. The van der Waals surface area contributed by atoms with Crippen molar-refractivity contribution >= 4 is 46.6 Å². The number of esters is 1. The number of carbonyl (C=O) groups is 3. The van der Waals surface area contributed by atoms with Crippen molar-refractivity contribution in [1.29, 1.82) is 0 Å². The van der Waals surface area contributed by atoms with Crippen LogP contribution in [0.1, 0.15) is 38.3 Å². The van der Waals surface area contributed by atoms with Crippen LogP contribution in [-0.2, 0) is 16.1 Å². The van der Waals surface area contributed by atoms with E-state index in [2.05, 4.69) is 20.8 Å². The summed E-state index contributed by atoms with van der Waals surface area (Å²) >= 11 is 2.60. The lowest BCUT2D eigenvalue weighted by atomic mass is 10.2. The van der Waals surface area contributed by atoms with Crippen LogP contribution in [-0.4, -0.2) is 44.9 Å². The monoisotopic (exact) mass is 535 g/mol. The van der Waals surface area contributed by atoms with Gasteiger partial charge in [0.05, 0.1) is 29.3 Å². The number of aryl methyl sites for hydroxylation is 1. The molecule has 37 heavy (non-hydrogen) atoms. The number of hydrogen-bond acceptors (Lipinski definition) is 8. The molecule has 0 spiro atoms. The van der Waals surface area contributed by atoms with Crippen molar-refractivity contribution in [3.63, 3.8) is 0 Å². The molecule has 0 saturated heterocycles. The first-order chi connectivity index (χ1) is 17.9. The topological polar surface area (TPSA) is 115 Å². The van der Waals surface area contributed by atoms with Crippen molar-refractivity contribution in [1.82, 2.24) is 20.1 Å². The molecule has 0 aliphatic rings. The number of rotatable bonds is 10. The molecule has 0 fully saturated rings. The molecule has 0 radical (unpaired) electrons. The Morgan fingerprint density at radius 1 is 1.05 bits per heavy atom. The molecule has 0 atom stereocenters. The first-order valence-corrected chi connectivity index (χ1v) is 13.3. The highest BCUT2D eigenvalue weighted by Gasteiger charge is 2.18. The number of hydrogen-bond donors (Lipinski definition) is 2. The lowest BCUT2D eigenvalue weighted by Gasteiger charge is -2.12. The summed E-state index contributed by atoms with van der Waals surface area (Å²) in [6.45, 7) is 4.20. The third-order valence-corrected chi connectivity index (χ3v) is 6.92. The van der Waals surface area contributed by atoms with E-state index in [1.54, 1.807) is 37.3 Å². The Kier molecular flexibility index (Phi) is 8.70. The van der Waals surface area contributed by atoms with Crippen LogP contribution in [0.5, 0.6) is 0 Å². The Hall–Kier alpha value is -3.96. The van der Waals surface area contributed by atoms with Gasteiger partial charge in [0, 0.05) is 11.4 Å². The Bertz CT molecular complexity index is 1380. The summed E-state index contributed by atoms with van der Waals surface area (Å²) in [7, 11) is 0. The minimum Gasteiger partial charge on any atom is -0.462 e. The smallest absolute Gasteiger partial charge is 0.338 e. The highest BCUT2D eigenvalue weighted by Crippen LogP contribution is 2.23. The Morgan fingerprint density at radius 3 is 2.57 bits per heavy atom. The van der Waals surface area contributed by atoms with Gasteiger partial charge >= 0.3 is 5.97 Å². The highest BCUT2D eigenvalue weighted by molar-refractivity contribution is 7.99. The zero-order chi connectivity index (χ0) is 26.2. The predicted molar refractivity (Wildman–Crippen MR) is 143 cm³/mol. The van der Waals surface area contributed by atoms with E-state index in [0.717, 1.165) is 11.3 Å². The second-order valence-corrected chi connectivity index (χ2v) is 9.76. The van der Waals surface area contributed by atoms with Crippen LogP contribution in [0, 0.1) is 6.92 Å². The fraction of sp³-hybridized carbons (Fsp3) is 0.192. The number of thioether (sulfide) groups is 1. The van der Waals surface area contributed by atoms with E-state index < -0.39 is 5.97 Å². The number of anilines is 1. The molecular weight excluding hydrogens is 510 g/mol. The molecule has 0 aliphatic carbocycles. The van der Waals surface area contributed by atoms with Crippen LogP contribution in [0.4, 0.5) is 5.69 Å². The number of nitrogens with one attached hydrogen (secondary N) is 2. The minimum absolute atomic E-state index is 0.0884. The van der Waals surface area contributed by atoms with Gasteiger partial charge in [-0.05, 0) is 67.3 Å². The summed E-state index contributed by atoms with van der Waals surface area (Å²) in [5, 5.41) is 16.6. The van der Waals surface area contributed by atoms with Crippen molar-refractivity contribution < 1.29 is 19.1 Å². The number of nitrogens with zero attached hydrogens (tertiary/aromatic N) is 3. The molecule has 0 saturated carbocycles. The SMILES string of the molecule is CCOC(=O)c1ccc(NC(=O)CSc2nnc(CNC(=O)c3cccs3)n2-c2cccc(C)c2)cc1. The molecule has 2 heterocycles. The zero-order valence-corrected chi connectivity index (χ0v) is 21.9. The Labute approximate surface area is 222 Å². The molecule has 0 unspecified atom stereocenters. The van der Waals surface area contributed by atoms with Crippen LogP contribution in [0.2, 0.25) is 0 Å². The quantitative estimate of drug-likeness (QED) is 0.227. The normalized spacial score (nSPS) is 10.6. The van der Waals surface area contributed by atoms with Crippen molar-refractivity contribution in [3.8, 4) is 5.69 Å². The van der Waals surface area contributed by atoms with Gasteiger partial charge in [-0.15, -0.1) is 21.5 Å². The van der Waals surface area contributed by atoms with Crippen molar-refractivity contribution in [2.75, 3.05) is 17.7 Å². The number of thiophene rings is 1. The van der Waals surface area contributed by atoms with Crippen LogP contribution in [0.15, 0.2) is 71.2 Å². The van der Waals surface area contributed by atoms with E-state index in [4.69, 9.17) is 4.74 Å².